The Morgan fingerprint density at radius 3 is 2.57 bits per heavy atom. The summed E-state index contributed by atoms with van der Waals surface area (Å²) < 4.78 is 4.93. The molecule has 2 bridgehead atoms. The number of fused-ring (bicyclic) bond motifs is 1. The van der Waals surface area contributed by atoms with Crippen LogP contribution in [0.4, 0.5) is 0 Å². The summed E-state index contributed by atoms with van der Waals surface area (Å²) >= 11 is 1.63. The largest absolute Gasteiger partial charge is 0.465 e. The van der Waals surface area contributed by atoms with Crippen molar-refractivity contribution in [2.24, 2.45) is 17.8 Å². The maximum atomic E-state index is 14.2. The van der Waals surface area contributed by atoms with Gasteiger partial charge < -0.3 is 19.6 Å². The number of ether oxygens (including phenoxy) is 1. The Morgan fingerprint density at radius 2 is 2.00 bits per heavy atom. The smallest absolute Gasteiger partial charge is 0.310 e. The van der Waals surface area contributed by atoms with E-state index in [4.69, 9.17) is 4.74 Å². The molecular formula is C27H42N2O5S. The van der Waals surface area contributed by atoms with Crippen molar-refractivity contribution >= 4 is 29.5 Å². The number of allylic oxidation sites excluding steroid dienone is 1. The van der Waals surface area contributed by atoms with Crippen LogP contribution in [0, 0.1) is 17.8 Å². The molecule has 3 heterocycles. The van der Waals surface area contributed by atoms with Crippen LogP contribution in [0.1, 0.15) is 60.3 Å². The van der Waals surface area contributed by atoms with E-state index in [0.717, 1.165) is 25.7 Å². The molecule has 3 saturated heterocycles. The average Bonchev–Trinajstić information content (AvgIpc) is 3.39. The number of unbranched alkanes of at least 4 members (excludes halogenated alkanes) is 2. The summed E-state index contributed by atoms with van der Waals surface area (Å²) in [6, 6.07) is -1.29. The fourth-order valence-electron chi connectivity index (χ4n) is 6.20. The van der Waals surface area contributed by atoms with E-state index in [0.29, 0.717) is 13.2 Å². The number of aliphatic hydroxyl groups excluding tert-OH is 1. The van der Waals surface area contributed by atoms with Gasteiger partial charge in [0.15, 0.2) is 0 Å². The topological polar surface area (TPSA) is 87.2 Å². The zero-order chi connectivity index (χ0) is 26.1. The number of carbonyl (C=O) groups is 3. The van der Waals surface area contributed by atoms with Crippen molar-refractivity contribution in [2.45, 2.75) is 87.9 Å². The maximum absolute atomic E-state index is 14.2. The zero-order valence-corrected chi connectivity index (χ0v) is 22.7. The van der Waals surface area contributed by atoms with Gasteiger partial charge in [0.2, 0.25) is 11.8 Å². The lowest BCUT2D eigenvalue weighted by molar-refractivity contribution is -0.155. The van der Waals surface area contributed by atoms with Gasteiger partial charge in [0.05, 0.1) is 35.8 Å². The van der Waals surface area contributed by atoms with Gasteiger partial charge in [-0.05, 0) is 59.3 Å². The molecule has 196 valence electrons. The number of esters is 1. The normalized spacial score (nSPS) is 32.3. The van der Waals surface area contributed by atoms with Crippen LogP contribution >= 0.6 is 11.8 Å². The maximum Gasteiger partial charge on any atom is 0.310 e. The van der Waals surface area contributed by atoms with Gasteiger partial charge >= 0.3 is 5.97 Å². The highest BCUT2D eigenvalue weighted by Gasteiger charge is 2.77. The molecular weight excluding hydrogens is 464 g/mol. The predicted octanol–water partition coefficient (Wildman–Crippen LogP) is 3.42. The lowest BCUT2D eigenvalue weighted by atomic mass is 9.66. The number of rotatable bonds is 11. The number of thioether (sulfide) groups is 1. The highest BCUT2D eigenvalue weighted by Crippen LogP contribution is 2.69. The van der Waals surface area contributed by atoms with Crippen LogP contribution in [0.3, 0.4) is 0 Å². The van der Waals surface area contributed by atoms with Crippen LogP contribution in [-0.2, 0) is 19.1 Å². The van der Waals surface area contributed by atoms with Gasteiger partial charge in [0, 0.05) is 17.3 Å². The number of aliphatic hydroxyl groups is 1. The summed E-state index contributed by atoms with van der Waals surface area (Å²) in [6.07, 6.45) is 6.81. The minimum absolute atomic E-state index is 0.0519. The Morgan fingerprint density at radius 1 is 1.31 bits per heavy atom. The second-order valence-corrected chi connectivity index (χ2v) is 12.7. The lowest BCUT2D eigenvalue weighted by Crippen LogP contribution is -2.61. The molecule has 0 aromatic heterocycles. The van der Waals surface area contributed by atoms with E-state index in [1.54, 1.807) is 34.6 Å². The van der Waals surface area contributed by atoms with E-state index in [9.17, 15) is 19.5 Å². The van der Waals surface area contributed by atoms with Gasteiger partial charge in [-0.15, -0.1) is 24.9 Å². The van der Waals surface area contributed by atoms with Crippen LogP contribution in [0.5, 0.6) is 0 Å². The Balaban J connectivity index is 1.99. The van der Waals surface area contributed by atoms with Gasteiger partial charge in [-0.2, -0.15) is 0 Å². The van der Waals surface area contributed by atoms with Gasteiger partial charge in [-0.25, -0.2) is 0 Å². The van der Waals surface area contributed by atoms with E-state index < -0.39 is 34.2 Å². The Labute approximate surface area is 214 Å². The first-order valence-corrected chi connectivity index (χ1v) is 13.7. The fourth-order valence-corrected chi connectivity index (χ4v) is 8.59. The first kappa shape index (κ1) is 27.8. The number of amides is 2. The first-order chi connectivity index (χ1) is 16.5. The standard InChI is InChI=1S/C27H42N2O5S/c1-8-10-11-12-14-34-25(33)20-19-15-17(3)27(35-19)21(20)23(31)29(18(4)16-30)22(27)24(32)28(13-9-2)26(5,6)7/h8-9,17-22,30H,1-2,10-16H2,3-7H3/t17?,18-,19+,20-,21+,22?,27?/m1/s1. The molecule has 8 heteroatoms. The molecule has 7 atom stereocenters. The molecule has 1 spiro atoms. The van der Waals surface area contributed by atoms with E-state index in [2.05, 4.69) is 20.1 Å². The third-order valence-corrected chi connectivity index (χ3v) is 9.94. The molecule has 3 aliphatic rings. The van der Waals surface area contributed by atoms with E-state index in [1.807, 2.05) is 26.8 Å². The van der Waals surface area contributed by atoms with Gasteiger partial charge in [0.25, 0.3) is 0 Å². The Kier molecular flexibility index (Phi) is 8.47. The monoisotopic (exact) mass is 506 g/mol. The summed E-state index contributed by atoms with van der Waals surface area (Å²) in [5.41, 5.74) is -0.481. The lowest BCUT2D eigenvalue weighted by Gasteiger charge is -2.44. The molecule has 0 radical (unpaired) electrons. The minimum Gasteiger partial charge on any atom is -0.465 e. The average molecular weight is 507 g/mol. The Bertz CT molecular complexity index is 855. The molecule has 3 rings (SSSR count). The van der Waals surface area contributed by atoms with Crippen molar-refractivity contribution in [3.8, 4) is 0 Å². The molecule has 0 saturated carbocycles. The number of carbonyl (C=O) groups excluding carboxylic acids is 3. The molecule has 3 aliphatic heterocycles. The second kappa shape index (κ2) is 10.7. The van der Waals surface area contributed by atoms with Crippen LogP contribution in [0.2, 0.25) is 0 Å². The van der Waals surface area contributed by atoms with Crippen molar-refractivity contribution in [2.75, 3.05) is 19.8 Å². The van der Waals surface area contributed by atoms with Crippen LogP contribution in [0.15, 0.2) is 25.3 Å². The summed E-state index contributed by atoms with van der Waals surface area (Å²) in [5, 5.41) is 9.98. The first-order valence-electron chi connectivity index (χ1n) is 12.8. The van der Waals surface area contributed by atoms with Crippen LogP contribution < -0.4 is 0 Å². The zero-order valence-electron chi connectivity index (χ0n) is 21.9. The van der Waals surface area contributed by atoms with E-state index >= 15 is 0 Å². The molecule has 1 N–H and O–H groups in total. The summed E-state index contributed by atoms with van der Waals surface area (Å²) in [6.45, 7) is 17.7. The SMILES string of the molecule is C=CCCCCOC(=O)[C@@H]1[C@@H]2CC(C)C3(S2)C(C(=O)N(CC=C)C(C)(C)C)N([C@H](C)CO)C(=O)[C@H]13. The molecule has 3 unspecified atom stereocenters. The quantitative estimate of drug-likeness (QED) is 0.263. The van der Waals surface area contributed by atoms with Crippen molar-refractivity contribution in [1.82, 2.24) is 9.80 Å². The van der Waals surface area contributed by atoms with Crippen LogP contribution in [0.25, 0.3) is 0 Å². The molecule has 3 fully saturated rings. The van der Waals surface area contributed by atoms with Gasteiger partial charge in [0.1, 0.15) is 6.04 Å². The van der Waals surface area contributed by atoms with E-state index in [1.165, 1.54) is 0 Å². The molecule has 35 heavy (non-hydrogen) atoms. The van der Waals surface area contributed by atoms with Crippen molar-refractivity contribution in [1.29, 1.82) is 0 Å². The van der Waals surface area contributed by atoms with Crippen molar-refractivity contribution in [3.63, 3.8) is 0 Å². The van der Waals surface area contributed by atoms with E-state index in [-0.39, 0.29) is 35.6 Å². The second-order valence-electron chi connectivity index (χ2n) is 11.2. The molecule has 0 aromatic carbocycles. The molecule has 2 amide bonds. The predicted molar refractivity (Wildman–Crippen MR) is 139 cm³/mol. The summed E-state index contributed by atoms with van der Waals surface area (Å²) in [4.78, 5) is 44.9. The number of hydrogen-bond donors (Lipinski definition) is 1. The Hall–Kier alpha value is -1.80. The van der Waals surface area contributed by atoms with Crippen molar-refractivity contribution < 1.29 is 24.2 Å². The van der Waals surface area contributed by atoms with Crippen LogP contribution in [-0.4, -0.2) is 80.1 Å². The molecule has 0 aliphatic carbocycles. The summed E-state index contributed by atoms with van der Waals surface area (Å²) in [7, 11) is 0. The fraction of sp³-hybridized carbons (Fsp3) is 0.741. The molecule has 0 aromatic rings. The third kappa shape index (κ3) is 4.68. The van der Waals surface area contributed by atoms with Gasteiger partial charge in [-0.3, -0.25) is 14.4 Å². The molecule has 7 nitrogen and oxygen atoms in total. The number of nitrogens with zero attached hydrogens (tertiary/aromatic N) is 2. The van der Waals surface area contributed by atoms with Crippen molar-refractivity contribution in [3.05, 3.63) is 25.3 Å². The highest BCUT2D eigenvalue weighted by atomic mass is 32.2. The highest BCUT2D eigenvalue weighted by molar-refractivity contribution is 8.02. The summed E-state index contributed by atoms with van der Waals surface area (Å²) in [5.74, 6) is -1.83. The number of likely N-dealkylation sites (tertiary alicyclic amines) is 1. The third-order valence-electron chi connectivity index (χ3n) is 7.86. The number of hydrogen-bond acceptors (Lipinski definition) is 6. The van der Waals surface area contributed by atoms with Gasteiger partial charge in [-0.1, -0.05) is 19.1 Å². The minimum atomic E-state index is -0.753.